The van der Waals surface area contributed by atoms with Crippen LogP contribution in [-0.2, 0) is 14.8 Å². The van der Waals surface area contributed by atoms with E-state index in [-0.39, 0.29) is 16.0 Å². The summed E-state index contributed by atoms with van der Waals surface area (Å²) in [5.41, 5.74) is 6.96. The van der Waals surface area contributed by atoms with E-state index in [0.717, 1.165) is 5.56 Å². The minimum Gasteiger partial charge on any atom is -0.398 e. The predicted octanol–water partition coefficient (Wildman–Crippen LogP) is 1.64. The van der Waals surface area contributed by atoms with E-state index in [1.165, 1.54) is 10.4 Å². The molecule has 1 aromatic carbocycles. The fourth-order valence-electron chi connectivity index (χ4n) is 2.01. The number of benzene rings is 1. The molecule has 0 aliphatic carbocycles. The molecule has 2 N–H and O–H groups in total. The Bertz CT molecular complexity index is 589. The van der Waals surface area contributed by atoms with Gasteiger partial charge >= 0.3 is 0 Å². The summed E-state index contributed by atoms with van der Waals surface area (Å²) in [6, 6.07) is 3.00. The molecule has 1 fully saturated rings. The van der Waals surface area contributed by atoms with Crippen molar-refractivity contribution in [1.29, 1.82) is 0 Å². The number of rotatable bonds is 2. The van der Waals surface area contributed by atoms with E-state index in [0.29, 0.717) is 25.4 Å². The van der Waals surface area contributed by atoms with Crippen molar-refractivity contribution in [2.24, 2.45) is 0 Å². The normalized spacial score (nSPS) is 21.5. The number of ether oxygens (including phenoxy) is 1. The maximum absolute atomic E-state index is 12.5. The third-order valence-electron chi connectivity index (χ3n) is 3.14. The molecular formula is C12H17ClN2O3S. The predicted molar refractivity (Wildman–Crippen MR) is 74.8 cm³/mol. The van der Waals surface area contributed by atoms with E-state index >= 15 is 0 Å². The molecule has 0 aromatic heterocycles. The Hall–Kier alpha value is -0.820. The summed E-state index contributed by atoms with van der Waals surface area (Å²) in [7, 11) is -3.62. The number of sulfonamides is 1. The lowest BCUT2D eigenvalue weighted by Crippen LogP contribution is -2.44. The van der Waals surface area contributed by atoms with Crippen LogP contribution in [-0.4, -0.2) is 38.5 Å². The lowest BCUT2D eigenvalue weighted by atomic mass is 10.2. The van der Waals surface area contributed by atoms with Gasteiger partial charge in [0, 0.05) is 18.8 Å². The summed E-state index contributed by atoms with van der Waals surface area (Å²) in [4.78, 5) is 0.0615. The van der Waals surface area contributed by atoms with E-state index < -0.39 is 10.0 Å². The van der Waals surface area contributed by atoms with Gasteiger partial charge < -0.3 is 10.5 Å². The molecule has 106 valence electrons. The van der Waals surface area contributed by atoms with Gasteiger partial charge in [-0.2, -0.15) is 4.31 Å². The summed E-state index contributed by atoms with van der Waals surface area (Å²) < 4.78 is 31.8. The monoisotopic (exact) mass is 304 g/mol. The number of nitrogen functional groups attached to an aromatic ring is 1. The van der Waals surface area contributed by atoms with E-state index in [1.807, 2.05) is 6.92 Å². The first-order valence-electron chi connectivity index (χ1n) is 5.99. The summed E-state index contributed by atoms with van der Waals surface area (Å²) >= 11 is 6.05. The lowest BCUT2D eigenvalue weighted by Gasteiger charge is -2.30. The average molecular weight is 305 g/mol. The van der Waals surface area contributed by atoms with Crippen molar-refractivity contribution >= 4 is 27.3 Å². The molecule has 0 amide bonds. The fourth-order valence-corrected chi connectivity index (χ4v) is 4.10. The van der Waals surface area contributed by atoms with Crippen LogP contribution >= 0.6 is 11.6 Å². The summed E-state index contributed by atoms with van der Waals surface area (Å²) in [5.74, 6) is 0. The molecule has 1 aliphatic heterocycles. The first-order chi connectivity index (χ1) is 8.82. The Labute approximate surface area is 118 Å². The number of anilines is 1. The standard InChI is InChI=1S/C12H17ClN2O3S/c1-8-5-10(13)12(6-11(8)14)19(16,17)15-3-4-18-9(2)7-15/h5-6,9H,3-4,7,14H2,1-2H3. The molecule has 2 rings (SSSR count). The molecule has 1 saturated heterocycles. The maximum atomic E-state index is 12.5. The summed E-state index contributed by atoms with van der Waals surface area (Å²) in [5, 5.41) is 0.200. The second-order valence-electron chi connectivity index (χ2n) is 4.68. The molecule has 0 saturated carbocycles. The van der Waals surface area contributed by atoms with Crippen molar-refractivity contribution in [3.05, 3.63) is 22.7 Å². The molecule has 1 aromatic rings. The maximum Gasteiger partial charge on any atom is 0.244 e. The van der Waals surface area contributed by atoms with Crippen molar-refractivity contribution in [2.75, 3.05) is 25.4 Å². The largest absolute Gasteiger partial charge is 0.398 e. The Balaban J connectivity index is 2.42. The molecular weight excluding hydrogens is 288 g/mol. The molecule has 0 bridgehead atoms. The van der Waals surface area contributed by atoms with Gasteiger partial charge in [0.1, 0.15) is 4.90 Å². The van der Waals surface area contributed by atoms with Crippen molar-refractivity contribution in [2.45, 2.75) is 24.8 Å². The van der Waals surface area contributed by atoms with Gasteiger partial charge in [-0.15, -0.1) is 0 Å². The van der Waals surface area contributed by atoms with E-state index in [1.54, 1.807) is 13.0 Å². The van der Waals surface area contributed by atoms with Gasteiger partial charge in [0.25, 0.3) is 0 Å². The number of nitrogens with zero attached hydrogens (tertiary/aromatic N) is 1. The highest BCUT2D eigenvalue weighted by molar-refractivity contribution is 7.89. The Morgan fingerprint density at radius 2 is 2.16 bits per heavy atom. The number of nitrogens with two attached hydrogens (primary N) is 1. The van der Waals surface area contributed by atoms with Crippen LogP contribution in [0.3, 0.4) is 0 Å². The van der Waals surface area contributed by atoms with E-state index in [9.17, 15) is 8.42 Å². The zero-order chi connectivity index (χ0) is 14.2. The number of hydrogen-bond donors (Lipinski definition) is 1. The van der Waals surface area contributed by atoms with E-state index in [2.05, 4.69) is 0 Å². The van der Waals surface area contributed by atoms with Crippen LogP contribution in [0.5, 0.6) is 0 Å². The van der Waals surface area contributed by atoms with Gasteiger partial charge in [-0.1, -0.05) is 11.6 Å². The summed E-state index contributed by atoms with van der Waals surface area (Å²) in [6.07, 6.45) is -0.120. The molecule has 0 spiro atoms. The second-order valence-corrected chi connectivity index (χ2v) is 7.00. The molecule has 1 unspecified atom stereocenters. The lowest BCUT2D eigenvalue weighted by molar-refractivity contribution is 0.0102. The highest BCUT2D eigenvalue weighted by Crippen LogP contribution is 2.29. The molecule has 5 nitrogen and oxygen atoms in total. The Kier molecular flexibility index (Phi) is 4.06. The number of halogens is 1. The SMILES string of the molecule is Cc1cc(Cl)c(S(=O)(=O)N2CCOC(C)C2)cc1N. The van der Waals surface area contributed by atoms with Gasteiger partial charge in [0.05, 0.1) is 17.7 Å². The minimum absolute atomic E-state index is 0.0615. The van der Waals surface area contributed by atoms with Gasteiger partial charge in [-0.05, 0) is 31.5 Å². The average Bonchev–Trinajstić information content (AvgIpc) is 2.33. The Morgan fingerprint density at radius 3 is 2.79 bits per heavy atom. The number of aryl methyl sites for hydroxylation is 1. The zero-order valence-electron chi connectivity index (χ0n) is 10.9. The van der Waals surface area contributed by atoms with Crippen molar-refractivity contribution < 1.29 is 13.2 Å². The fraction of sp³-hybridized carbons (Fsp3) is 0.500. The third-order valence-corrected chi connectivity index (χ3v) is 5.47. The van der Waals surface area contributed by atoms with Crippen molar-refractivity contribution in [3.8, 4) is 0 Å². The van der Waals surface area contributed by atoms with Crippen molar-refractivity contribution in [3.63, 3.8) is 0 Å². The molecule has 19 heavy (non-hydrogen) atoms. The van der Waals surface area contributed by atoms with Crippen LogP contribution in [0.2, 0.25) is 5.02 Å². The minimum atomic E-state index is -3.62. The van der Waals surface area contributed by atoms with Crippen LogP contribution in [0.1, 0.15) is 12.5 Å². The van der Waals surface area contributed by atoms with Gasteiger partial charge in [-0.3, -0.25) is 0 Å². The quantitative estimate of drug-likeness (QED) is 0.843. The molecule has 1 heterocycles. The highest BCUT2D eigenvalue weighted by Gasteiger charge is 2.31. The van der Waals surface area contributed by atoms with Crippen LogP contribution in [0.25, 0.3) is 0 Å². The molecule has 0 radical (unpaired) electrons. The van der Waals surface area contributed by atoms with Crippen LogP contribution in [0.4, 0.5) is 5.69 Å². The zero-order valence-corrected chi connectivity index (χ0v) is 12.5. The van der Waals surface area contributed by atoms with Gasteiger partial charge in [0.15, 0.2) is 0 Å². The molecule has 1 aliphatic rings. The van der Waals surface area contributed by atoms with E-state index in [4.69, 9.17) is 22.1 Å². The molecule has 7 heteroatoms. The van der Waals surface area contributed by atoms with Gasteiger partial charge in [-0.25, -0.2) is 8.42 Å². The Morgan fingerprint density at radius 1 is 1.47 bits per heavy atom. The topological polar surface area (TPSA) is 72.6 Å². The smallest absolute Gasteiger partial charge is 0.244 e. The second kappa shape index (κ2) is 5.28. The first-order valence-corrected chi connectivity index (χ1v) is 7.81. The molecule has 1 atom stereocenters. The summed E-state index contributed by atoms with van der Waals surface area (Å²) in [6.45, 7) is 4.67. The van der Waals surface area contributed by atoms with Crippen LogP contribution in [0, 0.1) is 6.92 Å². The number of hydrogen-bond acceptors (Lipinski definition) is 4. The highest BCUT2D eigenvalue weighted by atomic mass is 35.5. The van der Waals surface area contributed by atoms with Crippen molar-refractivity contribution in [1.82, 2.24) is 4.31 Å². The van der Waals surface area contributed by atoms with Crippen LogP contribution < -0.4 is 5.73 Å². The van der Waals surface area contributed by atoms with Crippen LogP contribution in [0.15, 0.2) is 17.0 Å². The first kappa shape index (κ1) is 14.6. The third kappa shape index (κ3) is 2.86. The number of morpholine rings is 1. The van der Waals surface area contributed by atoms with Gasteiger partial charge in [0.2, 0.25) is 10.0 Å².